The van der Waals surface area contributed by atoms with Gasteiger partial charge in [0.05, 0.1) is 5.39 Å². The summed E-state index contributed by atoms with van der Waals surface area (Å²) < 4.78 is 5.75. The molecule has 0 atom stereocenters. The minimum Gasteiger partial charge on any atom is -0.355 e. The van der Waals surface area contributed by atoms with E-state index in [1.807, 2.05) is 78.9 Å². The Morgan fingerprint density at radius 1 is 0.640 bits per heavy atom. The van der Waals surface area contributed by atoms with Crippen LogP contribution in [0.2, 0.25) is 0 Å². The van der Waals surface area contributed by atoms with Crippen molar-refractivity contribution in [3.8, 4) is 11.3 Å². The first kappa shape index (κ1) is 13.9. The van der Waals surface area contributed by atoms with Gasteiger partial charge in [0.15, 0.2) is 11.2 Å². The predicted octanol–water partition coefficient (Wildman–Crippen LogP) is 5.16. The van der Waals surface area contributed by atoms with Crippen LogP contribution >= 0.6 is 0 Å². The summed E-state index contributed by atoms with van der Waals surface area (Å²) in [7, 11) is 0. The van der Waals surface area contributed by atoms with Crippen LogP contribution in [0, 0.1) is 0 Å². The van der Waals surface area contributed by atoms with Crippen molar-refractivity contribution in [2.45, 2.75) is 0 Å². The Bertz CT molecular complexity index is 1300. The van der Waals surface area contributed by atoms with Crippen molar-refractivity contribution in [1.82, 2.24) is 5.16 Å². The maximum Gasteiger partial charge on any atom is 0.194 e. The van der Waals surface area contributed by atoms with Crippen molar-refractivity contribution < 1.29 is 4.52 Å². The third-order valence-electron chi connectivity index (χ3n) is 4.60. The van der Waals surface area contributed by atoms with Gasteiger partial charge in [0.25, 0.3) is 0 Å². The van der Waals surface area contributed by atoms with Crippen LogP contribution in [0.25, 0.3) is 43.8 Å². The molecule has 0 fully saturated rings. The molecule has 0 spiro atoms. The number of hydrogen-bond acceptors (Lipinski definition) is 3. The van der Waals surface area contributed by atoms with Gasteiger partial charge in [-0.05, 0) is 5.39 Å². The summed E-state index contributed by atoms with van der Waals surface area (Å²) >= 11 is 0. The first-order valence-corrected chi connectivity index (χ1v) is 8.13. The molecule has 4 aromatic carbocycles. The Balaban J connectivity index is 2.14. The molecule has 1 aromatic heterocycles. The van der Waals surface area contributed by atoms with Gasteiger partial charge < -0.3 is 4.52 Å². The molecule has 5 aromatic rings. The fraction of sp³-hybridized carbons (Fsp3) is 0. The highest BCUT2D eigenvalue weighted by Gasteiger charge is 2.17. The number of hydrogen-bond donors (Lipinski definition) is 0. The van der Waals surface area contributed by atoms with Crippen LogP contribution in [0.4, 0.5) is 0 Å². The van der Waals surface area contributed by atoms with E-state index in [-0.39, 0.29) is 5.43 Å². The van der Waals surface area contributed by atoms with Crippen molar-refractivity contribution in [2.24, 2.45) is 0 Å². The van der Waals surface area contributed by atoms with E-state index in [1.165, 1.54) is 0 Å². The van der Waals surface area contributed by atoms with Gasteiger partial charge in [0.1, 0.15) is 5.52 Å². The first-order chi connectivity index (χ1) is 12.3. The van der Waals surface area contributed by atoms with Gasteiger partial charge >= 0.3 is 0 Å². The summed E-state index contributed by atoms with van der Waals surface area (Å²) in [6, 6.07) is 25.1. The molecule has 0 N–H and O–H groups in total. The summed E-state index contributed by atoms with van der Waals surface area (Å²) in [5.74, 6) is 0.688. The molecule has 1 heterocycles. The van der Waals surface area contributed by atoms with Crippen molar-refractivity contribution in [3.05, 3.63) is 89.1 Å². The second-order valence-electron chi connectivity index (χ2n) is 6.02. The van der Waals surface area contributed by atoms with Crippen LogP contribution < -0.4 is 5.43 Å². The second-order valence-corrected chi connectivity index (χ2v) is 6.02. The second kappa shape index (κ2) is 5.28. The van der Waals surface area contributed by atoms with E-state index in [1.54, 1.807) is 0 Å². The highest BCUT2D eigenvalue weighted by molar-refractivity contribution is 6.19. The van der Waals surface area contributed by atoms with Crippen LogP contribution in [-0.4, -0.2) is 5.16 Å². The molecule has 0 aliphatic carbocycles. The average molecular weight is 323 g/mol. The number of benzene rings is 3. The van der Waals surface area contributed by atoms with E-state index in [0.29, 0.717) is 22.0 Å². The van der Waals surface area contributed by atoms with Crippen LogP contribution in [0.5, 0.6) is 0 Å². The smallest absolute Gasteiger partial charge is 0.194 e. The molecule has 0 saturated heterocycles. The van der Waals surface area contributed by atoms with Crippen LogP contribution in [0.1, 0.15) is 0 Å². The number of fused-ring (bicyclic) bond motifs is 5. The summed E-state index contributed by atoms with van der Waals surface area (Å²) in [6.07, 6.45) is 0. The fourth-order valence-corrected chi connectivity index (χ4v) is 3.44. The Morgan fingerprint density at radius 2 is 1.20 bits per heavy atom. The van der Waals surface area contributed by atoms with Crippen molar-refractivity contribution in [2.75, 3.05) is 0 Å². The van der Waals surface area contributed by atoms with E-state index in [2.05, 4.69) is 5.16 Å². The van der Waals surface area contributed by atoms with Gasteiger partial charge in [-0.3, -0.25) is 4.79 Å². The Morgan fingerprint density at radius 3 is 1.92 bits per heavy atom. The lowest BCUT2D eigenvalue weighted by Crippen LogP contribution is -1.97. The molecule has 0 unspecified atom stereocenters. The zero-order valence-corrected chi connectivity index (χ0v) is 13.3. The standard InChI is InChI=1S/C22H13NO2/c24-21-17-12-6-4-10-15(17)19-20(16-11-5-7-13-18(16)21)23-25-22(19)14-8-2-1-3-9-14/h1-13H. The van der Waals surface area contributed by atoms with E-state index in [0.717, 1.165) is 21.7 Å². The normalized spacial score (nSPS) is 11.4. The van der Waals surface area contributed by atoms with Gasteiger partial charge in [-0.15, -0.1) is 0 Å². The van der Waals surface area contributed by atoms with Gasteiger partial charge in [-0.25, -0.2) is 0 Å². The lowest BCUT2D eigenvalue weighted by molar-refractivity contribution is 0.441. The van der Waals surface area contributed by atoms with Gasteiger partial charge in [0, 0.05) is 21.7 Å². The summed E-state index contributed by atoms with van der Waals surface area (Å²) in [5, 5.41) is 8.21. The number of nitrogens with zero attached hydrogens (tertiary/aromatic N) is 1. The average Bonchev–Trinajstić information content (AvgIpc) is 3.09. The molecular formula is C22H13NO2. The largest absolute Gasteiger partial charge is 0.355 e. The lowest BCUT2D eigenvalue weighted by atomic mass is 10.0. The van der Waals surface area contributed by atoms with Gasteiger partial charge in [0.2, 0.25) is 0 Å². The minimum atomic E-state index is 0.0169. The molecule has 3 nitrogen and oxygen atoms in total. The minimum absolute atomic E-state index is 0.0169. The third kappa shape index (κ3) is 1.99. The molecule has 0 amide bonds. The maximum atomic E-state index is 13.1. The molecule has 25 heavy (non-hydrogen) atoms. The fourth-order valence-electron chi connectivity index (χ4n) is 3.44. The molecule has 3 heteroatoms. The van der Waals surface area contributed by atoms with E-state index >= 15 is 0 Å². The Hall–Kier alpha value is -3.46. The van der Waals surface area contributed by atoms with Crippen LogP contribution in [0.15, 0.2) is 88.2 Å². The van der Waals surface area contributed by atoms with Gasteiger partial charge in [-0.2, -0.15) is 0 Å². The van der Waals surface area contributed by atoms with Crippen LogP contribution in [-0.2, 0) is 0 Å². The SMILES string of the molecule is O=c1c2ccccc2c2noc(-c3ccccc3)c2c2ccccc12. The maximum absolute atomic E-state index is 13.1. The molecule has 0 saturated carbocycles. The molecule has 0 aliphatic rings. The zero-order valence-electron chi connectivity index (χ0n) is 13.3. The predicted molar refractivity (Wildman–Crippen MR) is 101 cm³/mol. The quantitative estimate of drug-likeness (QED) is 0.428. The third-order valence-corrected chi connectivity index (χ3v) is 4.60. The first-order valence-electron chi connectivity index (χ1n) is 8.13. The number of rotatable bonds is 1. The topological polar surface area (TPSA) is 43.1 Å². The monoisotopic (exact) mass is 323 g/mol. The van der Waals surface area contributed by atoms with E-state index in [4.69, 9.17) is 4.52 Å². The summed E-state index contributed by atoms with van der Waals surface area (Å²) in [6.45, 7) is 0. The lowest BCUT2D eigenvalue weighted by Gasteiger charge is -1.97. The Kier molecular flexibility index (Phi) is 2.94. The van der Waals surface area contributed by atoms with Crippen molar-refractivity contribution in [1.29, 1.82) is 0 Å². The van der Waals surface area contributed by atoms with E-state index < -0.39 is 0 Å². The highest BCUT2D eigenvalue weighted by atomic mass is 16.5. The Labute approximate surface area is 143 Å². The molecular weight excluding hydrogens is 310 g/mol. The summed E-state index contributed by atoms with van der Waals surface area (Å²) in [4.78, 5) is 13.1. The van der Waals surface area contributed by atoms with Crippen LogP contribution in [0.3, 0.4) is 0 Å². The molecule has 0 radical (unpaired) electrons. The zero-order chi connectivity index (χ0) is 16.8. The number of aromatic nitrogens is 1. The van der Waals surface area contributed by atoms with E-state index in [9.17, 15) is 4.79 Å². The summed E-state index contributed by atoms with van der Waals surface area (Å²) in [5.41, 5.74) is 1.67. The van der Waals surface area contributed by atoms with Crippen molar-refractivity contribution >= 4 is 32.4 Å². The molecule has 5 rings (SSSR count). The van der Waals surface area contributed by atoms with Crippen molar-refractivity contribution in [3.63, 3.8) is 0 Å². The molecule has 118 valence electrons. The van der Waals surface area contributed by atoms with Gasteiger partial charge in [-0.1, -0.05) is 84.0 Å². The highest BCUT2D eigenvalue weighted by Crippen LogP contribution is 2.35. The molecule has 0 aliphatic heterocycles. The molecule has 0 bridgehead atoms.